The molecule has 2 rings (SSSR count). The van der Waals surface area contributed by atoms with Crippen LogP contribution in [-0.4, -0.2) is 40.5 Å². The lowest BCUT2D eigenvalue weighted by molar-refractivity contribution is -0.151. The fourth-order valence-electron chi connectivity index (χ4n) is 3.16. The molecule has 6 nitrogen and oxygen atoms in total. The van der Waals surface area contributed by atoms with Crippen LogP contribution in [0.1, 0.15) is 39.7 Å². The number of carbonyl (C=O) groups excluding carboxylic acids is 1. The van der Waals surface area contributed by atoms with Crippen molar-refractivity contribution in [1.29, 1.82) is 0 Å². The smallest absolute Gasteiger partial charge is 0.407 e. The molecular weight excluding hydrogens is 382 g/mol. The molecule has 0 saturated heterocycles. The number of ether oxygens (including phenoxy) is 1. The highest BCUT2D eigenvalue weighted by molar-refractivity contribution is 5.74. The van der Waals surface area contributed by atoms with Crippen molar-refractivity contribution in [1.82, 2.24) is 5.32 Å². The summed E-state index contributed by atoms with van der Waals surface area (Å²) in [6.45, 7) is 6.23. The number of amides is 1. The quantitative estimate of drug-likeness (QED) is 0.601. The van der Waals surface area contributed by atoms with E-state index in [0.717, 1.165) is 16.7 Å². The van der Waals surface area contributed by atoms with Crippen LogP contribution in [0.25, 0.3) is 11.1 Å². The van der Waals surface area contributed by atoms with Crippen molar-refractivity contribution in [3.63, 3.8) is 0 Å². The Morgan fingerprint density at radius 3 is 2.03 bits per heavy atom. The Morgan fingerprint density at radius 2 is 1.53 bits per heavy atom. The molecule has 2 atom stereocenters. The Kier molecular flexibility index (Phi) is 7.62. The average Bonchev–Trinajstić information content (AvgIpc) is 2.67. The zero-order valence-corrected chi connectivity index (χ0v) is 18.0. The molecule has 0 saturated carbocycles. The topological polar surface area (TPSA) is 95.9 Å². The van der Waals surface area contributed by atoms with Crippen molar-refractivity contribution in [3.05, 3.63) is 60.2 Å². The molecule has 162 valence electrons. The SMILES string of the molecule is CC(C)(C)OC(=O)N[C@H](Cc1ccc(-c2ccccc2)cc1)CC(C)(CO)C(=O)O. The van der Waals surface area contributed by atoms with Gasteiger partial charge < -0.3 is 20.3 Å². The molecule has 0 aliphatic carbocycles. The minimum absolute atomic E-state index is 0.0680. The number of benzene rings is 2. The number of rotatable bonds is 8. The summed E-state index contributed by atoms with van der Waals surface area (Å²) in [5, 5.41) is 21.9. The molecule has 2 aromatic carbocycles. The Morgan fingerprint density at radius 1 is 0.967 bits per heavy atom. The lowest BCUT2D eigenvalue weighted by Gasteiger charge is -2.29. The predicted octanol–water partition coefficient (Wildman–Crippen LogP) is 4.26. The van der Waals surface area contributed by atoms with Crippen LogP contribution in [0.3, 0.4) is 0 Å². The molecule has 0 heterocycles. The van der Waals surface area contributed by atoms with Crippen LogP contribution in [0, 0.1) is 5.41 Å². The highest BCUT2D eigenvalue weighted by atomic mass is 16.6. The molecule has 0 aliphatic heterocycles. The Hall–Kier alpha value is -2.86. The highest BCUT2D eigenvalue weighted by Crippen LogP contribution is 2.26. The fourth-order valence-corrected chi connectivity index (χ4v) is 3.16. The molecule has 0 aromatic heterocycles. The van der Waals surface area contributed by atoms with Gasteiger partial charge in [-0.2, -0.15) is 0 Å². The number of aliphatic hydroxyl groups excluding tert-OH is 1. The number of carboxylic acids is 1. The molecule has 0 bridgehead atoms. The maximum atomic E-state index is 12.3. The average molecular weight is 414 g/mol. The lowest BCUT2D eigenvalue weighted by atomic mass is 9.82. The number of aliphatic carboxylic acids is 1. The monoisotopic (exact) mass is 413 g/mol. The van der Waals surface area contributed by atoms with Gasteiger partial charge in [-0.3, -0.25) is 4.79 Å². The zero-order chi connectivity index (χ0) is 22.4. The summed E-state index contributed by atoms with van der Waals surface area (Å²) >= 11 is 0. The second-order valence-corrected chi connectivity index (χ2v) is 8.84. The molecule has 1 amide bonds. The third-order valence-corrected chi connectivity index (χ3v) is 4.83. The summed E-state index contributed by atoms with van der Waals surface area (Å²) in [7, 11) is 0. The Labute approximate surface area is 177 Å². The Balaban J connectivity index is 2.19. The van der Waals surface area contributed by atoms with Gasteiger partial charge in [-0.25, -0.2) is 4.79 Å². The fraction of sp³-hybridized carbons (Fsp3) is 0.417. The van der Waals surface area contributed by atoms with Gasteiger partial charge in [0.25, 0.3) is 0 Å². The van der Waals surface area contributed by atoms with Gasteiger partial charge >= 0.3 is 12.1 Å². The first-order valence-electron chi connectivity index (χ1n) is 10.0. The minimum Gasteiger partial charge on any atom is -0.481 e. The Bertz CT molecular complexity index is 842. The maximum absolute atomic E-state index is 12.3. The van der Waals surface area contributed by atoms with Crippen LogP contribution in [-0.2, 0) is 16.0 Å². The minimum atomic E-state index is -1.37. The van der Waals surface area contributed by atoms with E-state index >= 15 is 0 Å². The van der Waals surface area contributed by atoms with E-state index in [1.165, 1.54) is 6.92 Å². The maximum Gasteiger partial charge on any atom is 0.407 e. The molecule has 2 aromatic rings. The van der Waals surface area contributed by atoms with Crippen LogP contribution >= 0.6 is 0 Å². The largest absolute Gasteiger partial charge is 0.481 e. The van der Waals surface area contributed by atoms with Gasteiger partial charge in [0.15, 0.2) is 0 Å². The first-order chi connectivity index (χ1) is 14.0. The molecule has 0 radical (unpaired) electrons. The van der Waals surface area contributed by atoms with E-state index < -0.39 is 35.7 Å². The van der Waals surface area contributed by atoms with Gasteiger partial charge in [0.05, 0.1) is 12.0 Å². The number of carboxylic acid groups (broad SMARTS) is 1. The molecule has 6 heteroatoms. The third kappa shape index (κ3) is 6.88. The first-order valence-corrected chi connectivity index (χ1v) is 10.0. The summed E-state index contributed by atoms with van der Waals surface area (Å²) in [4.78, 5) is 24.0. The number of aliphatic hydroxyl groups is 1. The van der Waals surface area contributed by atoms with Crippen LogP contribution < -0.4 is 5.32 Å². The normalized spacial score (nSPS) is 14.4. The predicted molar refractivity (Wildman–Crippen MR) is 116 cm³/mol. The number of hydrogen-bond donors (Lipinski definition) is 3. The van der Waals surface area contributed by atoms with Gasteiger partial charge in [-0.1, -0.05) is 54.6 Å². The number of hydrogen-bond acceptors (Lipinski definition) is 4. The van der Waals surface area contributed by atoms with Crippen molar-refractivity contribution < 1.29 is 24.5 Å². The number of carbonyl (C=O) groups is 2. The van der Waals surface area contributed by atoms with Crippen molar-refractivity contribution in [2.75, 3.05) is 6.61 Å². The van der Waals surface area contributed by atoms with Crippen LogP contribution in [0.15, 0.2) is 54.6 Å². The van der Waals surface area contributed by atoms with E-state index in [4.69, 9.17) is 4.74 Å². The van der Waals surface area contributed by atoms with Gasteiger partial charge in [0.2, 0.25) is 0 Å². The zero-order valence-electron chi connectivity index (χ0n) is 18.0. The van der Waals surface area contributed by atoms with Crippen LogP contribution in [0.4, 0.5) is 4.79 Å². The van der Waals surface area contributed by atoms with Gasteiger partial charge in [-0.05, 0) is 57.2 Å². The molecule has 0 aliphatic rings. The molecule has 0 spiro atoms. The van der Waals surface area contributed by atoms with Crippen molar-refractivity contribution in [2.24, 2.45) is 5.41 Å². The van der Waals surface area contributed by atoms with E-state index in [-0.39, 0.29) is 6.42 Å². The molecule has 30 heavy (non-hydrogen) atoms. The molecule has 3 N–H and O–H groups in total. The van der Waals surface area contributed by atoms with Crippen molar-refractivity contribution in [2.45, 2.75) is 52.2 Å². The molecular formula is C24H31NO5. The van der Waals surface area contributed by atoms with Crippen LogP contribution in [0.5, 0.6) is 0 Å². The van der Waals surface area contributed by atoms with Crippen LogP contribution in [0.2, 0.25) is 0 Å². The first kappa shape index (κ1) is 23.4. The van der Waals surface area contributed by atoms with Crippen molar-refractivity contribution >= 4 is 12.1 Å². The third-order valence-electron chi connectivity index (χ3n) is 4.83. The lowest BCUT2D eigenvalue weighted by Crippen LogP contribution is -2.45. The summed E-state index contributed by atoms with van der Waals surface area (Å²) < 4.78 is 5.33. The van der Waals surface area contributed by atoms with Gasteiger partial charge in [0, 0.05) is 6.04 Å². The molecule has 1 unspecified atom stereocenters. The second kappa shape index (κ2) is 9.76. The van der Waals surface area contributed by atoms with E-state index in [2.05, 4.69) is 5.32 Å². The standard InChI is InChI=1S/C24H31NO5/c1-23(2,3)30-22(29)25-20(15-24(4,16-26)21(27)28)14-17-10-12-19(13-11-17)18-8-6-5-7-9-18/h5-13,20,26H,14-16H2,1-4H3,(H,25,29)(H,27,28)/t20-,24?/m1/s1. The van der Waals surface area contributed by atoms with E-state index in [1.54, 1.807) is 20.8 Å². The summed E-state index contributed by atoms with van der Waals surface area (Å²) in [5.74, 6) is -1.11. The summed E-state index contributed by atoms with van der Waals surface area (Å²) in [6, 6.07) is 17.4. The van der Waals surface area contributed by atoms with Gasteiger partial charge in [0.1, 0.15) is 5.60 Å². The van der Waals surface area contributed by atoms with E-state index in [0.29, 0.717) is 6.42 Å². The van der Waals surface area contributed by atoms with E-state index in [9.17, 15) is 19.8 Å². The van der Waals surface area contributed by atoms with E-state index in [1.807, 2.05) is 54.6 Å². The number of nitrogens with one attached hydrogen (secondary N) is 1. The van der Waals surface area contributed by atoms with Gasteiger partial charge in [-0.15, -0.1) is 0 Å². The second-order valence-electron chi connectivity index (χ2n) is 8.84. The summed E-state index contributed by atoms with van der Waals surface area (Å²) in [5.41, 5.74) is 1.08. The van der Waals surface area contributed by atoms with Crippen molar-refractivity contribution in [3.8, 4) is 11.1 Å². The summed E-state index contributed by atoms with van der Waals surface area (Å²) in [6.07, 6.45) is -0.130. The molecule has 0 fully saturated rings. The highest BCUT2D eigenvalue weighted by Gasteiger charge is 2.36. The number of alkyl carbamates (subject to hydrolysis) is 1.